The molecule has 0 saturated heterocycles. The first-order valence-corrected chi connectivity index (χ1v) is 25.4. The number of allylic oxidation sites excluding steroid dienone is 5. The van der Waals surface area contributed by atoms with E-state index >= 15 is 0 Å². The zero-order valence-electron chi connectivity index (χ0n) is 39.9. The van der Waals surface area contributed by atoms with Crippen molar-refractivity contribution in [3.8, 4) is 33.4 Å². The van der Waals surface area contributed by atoms with Gasteiger partial charge in [0.05, 0.1) is 0 Å². The molecule has 1 nitrogen and oxygen atoms in total. The first kappa shape index (κ1) is 43.3. The van der Waals surface area contributed by atoms with Crippen molar-refractivity contribution in [1.29, 1.82) is 0 Å². The first-order valence-electron chi connectivity index (χ1n) is 25.4. The number of benzene rings is 10. The minimum Gasteiger partial charge on any atom is -0.311 e. The second-order valence-corrected chi connectivity index (χ2v) is 19.3. The molecule has 0 spiro atoms. The van der Waals surface area contributed by atoms with Gasteiger partial charge in [-0.25, -0.2) is 0 Å². The Balaban J connectivity index is 0.932. The summed E-state index contributed by atoms with van der Waals surface area (Å²) in [6.07, 6.45) is 10.4. The Morgan fingerprint density at radius 3 is 1.16 bits per heavy atom. The molecule has 1 heteroatoms. The molecular formula is C69H57N. The summed E-state index contributed by atoms with van der Waals surface area (Å²) in [6.45, 7) is 4.85. The van der Waals surface area contributed by atoms with E-state index in [1.165, 1.54) is 131 Å². The summed E-state index contributed by atoms with van der Waals surface area (Å²) in [7, 11) is 0. The van der Waals surface area contributed by atoms with Crippen molar-refractivity contribution in [1.82, 2.24) is 0 Å². The molecule has 0 amide bonds. The largest absolute Gasteiger partial charge is 0.311 e. The Hall–Kier alpha value is -8.00. The van der Waals surface area contributed by atoms with Crippen molar-refractivity contribution < 1.29 is 0 Å². The molecule has 2 aliphatic rings. The molecule has 1 saturated carbocycles. The van der Waals surface area contributed by atoms with Crippen molar-refractivity contribution >= 4 is 60.5 Å². The molecular weight excluding hydrogens is 843 g/mol. The van der Waals surface area contributed by atoms with Gasteiger partial charge in [0.1, 0.15) is 0 Å². The van der Waals surface area contributed by atoms with Crippen LogP contribution in [-0.4, -0.2) is 0 Å². The number of fused-ring (bicyclic) bond motifs is 7. The number of hydrogen-bond acceptors (Lipinski definition) is 1. The van der Waals surface area contributed by atoms with E-state index in [-0.39, 0.29) is 0 Å². The fourth-order valence-electron chi connectivity index (χ4n) is 11.6. The summed E-state index contributed by atoms with van der Waals surface area (Å²) in [5, 5.41) is 7.76. The number of hydrogen-bond donors (Lipinski definition) is 0. The summed E-state index contributed by atoms with van der Waals surface area (Å²) < 4.78 is 0. The molecule has 10 aromatic carbocycles. The zero-order valence-corrected chi connectivity index (χ0v) is 39.9. The third kappa shape index (κ3) is 8.37. The maximum absolute atomic E-state index is 4.85. The van der Waals surface area contributed by atoms with Crippen LogP contribution >= 0.6 is 0 Å². The highest BCUT2D eigenvalue weighted by Gasteiger charge is 2.25. The van der Waals surface area contributed by atoms with Crippen LogP contribution in [0, 0.1) is 0 Å². The lowest BCUT2D eigenvalue weighted by atomic mass is 9.76. The van der Waals surface area contributed by atoms with E-state index in [1.807, 2.05) is 0 Å². The lowest BCUT2D eigenvalue weighted by Gasteiger charge is -2.29. The lowest BCUT2D eigenvalue weighted by molar-refractivity contribution is 0.662. The van der Waals surface area contributed by atoms with Gasteiger partial charge < -0.3 is 4.90 Å². The molecule has 0 bridgehead atoms. The van der Waals surface area contributed by atoms with E-state index < -0.39 is 0 Å². The molecule has 0 radical (unpaired) electrons. The minimum atomic E-state index is 1.03. The number of rotatable bonds is 8. The molecule has 0 heterocycles. The molecule has 1 fully saturated rings. The van der Waals surface area contributed by atoms with Crippen LogP contribution in [0.1, 0.15) is 68.9 Å². The summed E-state index contributed by atoms with van der Waals surface area (Å²) in [4.78, 5) is 2.41. The Morgan fingerprint density at radius 1 is 0.257 bits per heavy atom. The van der Waals surface area contributed by atoms with Gasteiger partial charge in [-0.3, -0.25) is 0 Å². The third-order valence-electron chi connectivity index (χ3n) is 15.1. The second-order valence-electron chi connectivity index (χ2n) is 19.3. The van der Waals surface area contributed by atoms with Crippen molar-refractivity contribution in [2.45, 2.75) is 57.8 Å². The maximum atomic E-state index is 4.85. The Labute approximate surface area is 413 Å². The topological polar surface area (TPSA) is 3.24 Å². The van der Waals surface area contributed by atoms with E-state index in [4.69, 9.17) is 6.58 Å². The monoisotopic (exact) mass is 899 g/mol. The lowest BCUT2D eigenvalue weighted by Crippen LogP contribution is -2.10. The minimum absolute atomic E-state index is 1.03. The predicted molar refractivity (Wildman–Crippen MR) is 301 cm³/mol. The van der Waals surface area contributed by atoms with E-state index in [0.29, 0.717) is 0 Å². The second kappa shape index (κ2) is 19.2. The quantitative estimate of drug-likeness (QED) is 0.137. The molecule has 2 aliphatic carbocycles. The van der Waals surface area contributed by atoms with Gasteiger partial charge in [-0.15, -0.1) is 0 Å². The van der Waals surface area contributed by atoms with Gasteiger partial charge in [-0.2, -0.15) is 0 Å². The molecule has 338 valence electrons. The summed E-state index contributed by atoms with van der Waals surface area (Å²) >= 11 is 0. The van der Waals surface area contributed by atoms with Crippen LogP contribution in [0.2, 0.25) is 0 Å². The standard InChI is InChI=1S/C69H57N/c1-48-17-5-2-10-22-60(54-31-29-51(30-32-54)49-18-6-3-7-19-49)61-23-15-16-28-67(61)69(48)55-37-44-59(45-38-55)70(57-40-33-52(34-41-57)50-20-8-4-9-21-50)58-42-35-53(36-43-58)56-39-46-66-64-26-12-11-24-62(64)63-25-13-14-27-65(63)68(66)47-56/h3-4,6-9,11-14,18-21,24-27,29-47H,1-2,5,10,15-17,22-23,28H2/b61-60+,69-67?. The highest BCUT2D eigenvalue weighted by atomic mass is 15.1. The van der Waals surface area contributed by atoms with Crippen LogP contribution in [0.15, 0.2) is 248 Å². The van der Waals surface area contributed by atoms with Gasteiger partial charge in [0, 0.05) is 17.1 Å². The average Bonchev–Trinajstić information content (AvgIpc) is 3.43. The molecule has 0 aromatic heterocycles. The molecule has 0 N–H and O–H groups in total. The average molecular weight is 900 g/mol. The van der Waals surface area contributed by atoms with E-state index in [0.717, 1.165) is 42.7 Å². The highest BCUT2D eigenvalue weighted by Crippen LogP contribution is 2.46. The van der Waals surface area contributed by atoms with Crippen LogP contribution in [0.4, 0.5) is 17.1 Å². The van der Waals surface area contributed by atoms with Gasteiger partial charge in [0.2, 0.25) is 0 Å². The Kier molecular flexibility index (Phi) is 11.9. The van der Waals surface area contributed by atoms with Crippen LogP contribution in [0.3, 0.4) is 0 Å². The van der Waals surface area contributed by atoms with Gasteiger partial charge in [-0.1, -0.05) is 195 Å². The van der Waals surface area contributed by atoms with Crippen LogP contribution in [0.25, 0.3) is 76.8 Å². The normalized spacial score (nSPS) is 15.6. The number of nitrogens with zero attached hydrogens (tertiary/aromatic N) is 1. The van der Waals surface area contributed by atoms with Gasteiger partial charge in [-0.05, 0) is 199 Å². The molecule has 70 heavy (non-hydrogen) atoms. The molecule has 0 atom stereocenters. The van der Waals surface area contributed by atoms with Crippen molar-refractivity contribution in [2.75, 3.05) is 4.90 Å². The fourth-order valence-corrected chi connectivity index (χ4v) is 11.6. The van der Waals surface area contributed by atoms with Gasteiger partial charge in [0.25, 0.3) is 0 Å². The third-order valence-corrected chi connectivity index (χ3v) is 15.1. The predicted octanol–water partition coefficient (Wildman–Crippen LogP) is 19.9. The molecule has 0 aliphatic heterocycles. The van der Waals surface area contributed by atoms with Crippen molar-refractivity contribution in [3.05, 3.63) is 259 Å². The highest BCUT2D eigenvalue weighted by molar-refractivity contribution is 6.25. The first-order chi connectivity index (χ1) is 34.6. The van der Waals surface area contributed by atoms with Crippen molar-refractivity contribution in [3.63, 3.8) is 0 Å². The summed E-state index contributed by atoms with van der Waals surface area (Å²) in [5.41, 5.74) is 20.7. The smallest absolute Gasteiger partial charge is 0.0462 e. The zero-order chi connectivity index (χ0) is 46.8. The Bertz CT molecular complexity index is 3540. The SMILES string of the molecule is C=C1CCCCC/C(c2ccc(-c3ccccc3)cc2)=C2/CCCCC2=C1c1ccc(N(c2ccc(-c3ccccc3)cc2)c2ccc(-c3ccc4c5ccccc5c5ccccc5c4c3)cc2)cc1. The maximum Gasteiger partial charge on any atom is 0.0462 e. The summed E-state index contributed by atoms with van der Waals surface area (Å²) in [6, 6.07) is 83.1. The summed E-state index contributed by atoms with van der Waals surface area (Å²) in [5.74, 6) is 0. The molecule has 0 unspecified atom stereocenters. The fraction of sp³-hybridized carbons (Fsp3) is 0.130. The molecule has 10 aromatic rings. The van der Waals surface area contributed by atoms with Crippen LogP contribution < -0.4 is 4.90 Å². The van der Waals surface area contributed by atoms with E-state index in [2.05, 4.69) is 229 Å². The number of anilines is 3. The van der Waals surface area contributed by atoms with Crippen LogP contribution in [0.5, 0.6) is 0 Å². The Morgan fingerprint density at radius 2 is 0.614 bits per heavy atom. The van der Waals surface area contributed by atoms with E-state index in [9.17, 15) is 0 Å². The molecule has 12 rings (SSSR count). The van der Waals surface area contributed by atoms with E-state index in [1.54, 1.807) is 5.57 Å². The van der Waals surface area contributed by atoms with Gasteiger partial charge >= 0.3 is 0 Å². The van der Waals surface area contributed by atoms with Gasteiger partial charge in [0.15, 0.2) is 0 Å². The van der Waals surface area contributed by atoms with Crippen molar-refractivity contribution in [2.24, 2.45) is 0 Å². The van der Waals surface area contributed by atoms with Crippen LogP contribution in [-0.2, 0) is 0 Å².